The molecule has 1 amide bonds. The topological polar surface area (TPSA) is 84.5 Å². The molecule has 2 N–H and O–H groups in total. The summed E-state index contributed by atoms with van der Waals surface area (Å²) in [5.41, 5.74) is 1.34. The zero-order chi connectivity index (χ0) is 15.7. The number of benzene rings is 1. The third kappa shape index (κ3) is 3.16. The van der Waals surface area contributed by atoms with E-state index in [1.165, 1.54) is 6.07 Å². The molecular formula is C15H20N2O4S. The van der Waals surface area contributed by atoms with Crippen LogP contribution in [0.5, 0.6) is 0 Å². The summed E-state index contributed by atoms with van der Waals surface area (Å²) in [5, 5.41) is 2.73. The highest BCUT2D eigenvalue weighted by molar-refractivity contribution is 7.89. The molecule has 1 fully saturated rings. The fraction of sp³-hybridized carbons (Fsp3) is 0.533. The van der Waals surface area contributed by atoms with Crippen LogP contribution in [0.1, 0.15) is 35.7 Å². The van der Waals surface area contributed by atoms with Crippen molar-refractivity contribution in [2.75, 3.05) is 13.2 Å². The van der Waals surface area contributed by atoms with Crippen LogP contribution in [0.2, 0.25) is 0 Å². The summed E-state index contributed by atoms with van der Waals surface area (Å²) < 4.78 is 33.2. The average molecular weight is 324 g/mol. The lowest BCUT2D eigenvalue weighted by atomic mass is 10.0. The summed E-state index contributed by atoms with van der Waals surface area (Å²) in [7, 11) is -3.63. The Kier molecular flexibility index (Phi) is 4.20. The molecule has 0 aliphatic carbocycles. The third-order valence-corrected chi connectivity index (χ3v) is 5.64. The number of hydrogen-bond donors (Lipinski definition) is 2. The molecule has 2 aliphatic rings. The molecule has 2 atom stereocenters. The Hall–Kier alpha value is -1.44. The normalized spacial score (nSPS) is 25.4. The van der Waals surface area contributed by atoms with Crippen LogP contribution in [0.4, 0.5) is 0 Å². The van der Waals surface area contributed by atoms with Crippen LogP contribution in [-0.2, 0) is 21.2 Å². The number of sulfonamides is 1. The lowest BCUT2D eigenvalue weighted by Crippen LogP contribution is -2.41. The van der Waals surface area contributed by atoms with E-state index in [2.05, 4.69) is 10.0 Å². The zero-order valence-corrected chi connectivity index (χ0v) is 13.3. The first-order valence-electron chi connectivity index (χ1n) is 7.51. The van der Waals surface area contributed by atoms with Crippen LogP contribution in [0, 0.1) is 0 Å². The molecular weight excluding hydrogens is 304 g/mol. The summed E-state index contributed by atoms with van der Waals surface area (Å²) in [6, 6.07) is 4.64. The van der Waals surface area contributed by atoms with Crippen LogP contribution in [-0.4, -0.2) is 39.6 Å². The van der Waals surface area contributed by atoms with Crippen molar-refractivity contribution in [1.82, 2.24) is 10.0 Å². The molecule has 2 aliphatic heterocycles. The van der Waals surface area contributed by atoms with Crippen molar-refractivity contribution < 1.29 is 17.9 Å². The van der Waals surface area contributed by atoms with E-state index in [4.69, 9.17) is 4.74 Å². The quantitative estimate of drug-likeness (QED) is 0.862. The van der Waals surface area contributed by atoms with Crippen molar-refractivity contribution in [1.29, 1.82) is 0 Å². The Morgan fingerprint density at radius 2 is 2.18 bits per heavy atom. The molecule has 0 bridgehead atoms. The molecule has 2 heterocycles. The van der Waals surface area contributed by atoms with Gasteiger partial charge in [-0.1, -0.05) is 6.07 Å². The van der Waals surface area contributed by atoms with Crippen molar-refractivity contribution in [3.63, 3.8) is 0 Å². The monoisotopic (exact) mass is 324 g/mol. The summed E-state index contributed by atoms with van der Waals surface area (Å²) in [6.07, 6.45) is 2.10. The van der Waals surface area contributed by atoms with Crippen molar-refractivity contribution in [3.05, 3.63) is 29.3 Å². The van der Waals surface area contributed by atoms with Gasteiger partial charge in [0.2, 0.25) is 10.0 Å². The van der Waals surface area contributed by atoms with E-state index >= 15 is 0 Å². The maximum absolute atomic E-state index is 12.5. The fourth-order valence-corrected chi connectivity index (χ4v) is 4.26. The summed E-state index contributed by atoms with van der Waals surface area (Å²) in [5.74, 6) is -0.210. The molecule has 22 heavy (non-hydrogen) atoms. The van der Waals surface area contributed by atoms with Crippen LogP contribution in [0.3, 0.4) is 0 Å². The van der Waals surface area contributed by atoms with E-state index in [9.17, 15) is 13.2 Å². The summed E-state index contributed by atoms with van der Waals surface area (Å²) in [6.45, 7) is 3.08. The number of fused-ring (bicyclic) bond motifs is 1. The molecule has 6 nitrogen and oxygen atoms in total. The molecule has 7 heteroatoms. The maximum Gasteiger partial charge on any atom is 0.251 e. The van der Waals surface area contributed by atoms with Crippen LogP contribution in [0.25, 0.3) is 0 Å². The minimum absolute atomic E-state index is 0.0516. The average Bonchev–Trinajstić information content (AvgIpc) is 2.47. The molecule has 120 valence electrons. The minimum atomic E-state index is -3.63. The van der Waals surface area contributed by atoms with Gasteiger partial charge in [0.25, 0.3) is 5.91 Å². The Labute approximate surface area is 130 Å². The van der Waals surface area contributed by atoms with Crippen molar-refractivity contribution in [2.45, 2.75) is 43.2 Å². The van der Waals surface area contributed by atoms with E-state index in [0.29, 0.717) is 31.6 Å². The summed E-state index contributed by atoms with van der Waals surface area (Å²) >= 11 is 0. The van der Waals surface area contributed by atoms with Gasteiger partial charge in [-0.25, -0.2) is 13.1 Å². The molecule has 0 spiro atoms. The van der Waals surface area contributed by atoms with E-state index in [1.54, 1.807) is 12.1 Å². The van der Waals surface area contributed by atoms with Gasteiger partial charge in [0, 0.05) is 24.8 Å². The molecule has 3 rings (SSSR count). The lowest BCUT2D eigenvalue weighted by molar-refractivity contribution is 0.0173. The Balaban J connectivity index is 1.83. The predicted molar refractivity (Wildman–Crippen MR) is 81.2 cm³/mol. The third-order valence-electron chi connectivity index (χ3n) is 4.12. The molecule has 1 aromatic rings. The van der Waals surface area contributed by atoms with Crippen molar-refractivity contribution in [2.24, 2.45) is 0 Å². The smallest absolute Gasteiger partial charge is 0.251 e. The Bertz CT molecular complexity index is 687. The van der Waals surface area contributed by atoms with E-state index in [1.807, 2.05) is 6.92 Å². The van der Waals surface area contributed by atoms with Gasteiger partial charge in [-0.2, -0.15) is 0 Å². The van der Waals surface area contributed by atoms with Crippen molar-refractivity contribution in [3.8, 4) is 0 Å². The second kappa shape index (κ2) is 5.98. The molecule has 0 radical (unpaired) electrons. The van der Waals surface area contributed by atoms with Gasteiger partial charge < -0.3 is 10.1 Å². The number of rotatable bonds is 3. The van der Waals surface area contributed by atoms with E-state index < -0.39 is 10.0 Å². The van der Waals surface area contributed by atoms with Gasteiger partial charge >= 0.3 is 0 Å². The highest BCUT2D eigenvalue weighted by atomic mass is 32.2. The van der Waals surface area contributed by atoms with Crippen LogP contribution >= 0.6 is 0 Å². The van der Waals surface area contributed by atoms with Gasteiger partial charge in [-0.3, -0.25) is 4.79 Å². The Morgan fingerprint density at radius 1 is 1.36 bits per heavy atom. The Morgan fingerprint density at radius 3 is 2.95 bits per heavy atom. The molecule has 0 unspecified atom stereocenters. The maximum atomic E-state index is 12.5. The van der Waals surface area contributed by atoms with E-state index in [0.717, 1.165) is 12.0 Å². The number of nitrogens with one attached hydrogen (secondary N) is 2. The summed E-state index contributed by atoms with van der Waals surface area (Å²) in [4.78, 5) is 12.0. The standard InChI is InChI=1S/C15H20N2O4S/c1-10-8-12(5-7-21-10)17-22(19,20)13-3-2-11-4-6-16-15(18)14(11)9-13/h2-3,9-10,12,17H,4-8H2,1H3,(H,16,18)/t10-,12+/m1/s1. The molecule has 1 saturated heterocycles. The number of carbonyl (C=O) groups is 1. The van der Waals surface area contributed by atoms with E-state index in [-0.39, 0.29) is 22.9 Å². The van der Waals surface area contributed by atoms with Crippen molar-refractivity contribution >= 4 is 15.9 Å². The second-order valence-corrected chi connectivity index (χ2v) is 7.56. The number of hydrogen-bond acceptors (Lipinski definition) is 4. The van der Waals surface area contributed by atoms with Crippen LogP contribution < -0.4 is 10.0 Å². The van der Waals surface area contributed by atoms with Gasteiger partial charge in [0.1, 0.15) is 0 Å². The number of carbonyl (C=O) groups excluding carboxylic acids is 1. The van der Waals surface area contributed by atoms with Crippen LogP contribution in [0.15, 0.2) is 23.1 Å². The van der Waals surface area contributed by atoms with Gasteiger partial charge in [-0.05, 0) is 43.9 Å². The highest BCUT2D eigenvalue weighted by Crippen LogP contribution is 2.21. The SMILES string of the molecule is C[C@@H]1C[C@@H](NS(=O)(=O)c2ccc3c(c2)C(=O)NCC3)CCO1. The van der Waals surface area contributed by atoms with Gasteiger partial charge in [0.05, 0.1) is 11.0 Å². The molecule has 0 saturated carbocycles. The second-order valence-electron chi connectivity index (χ2n) is 5.85. The first-order valence-corrected chi connectivity index (χ1v) is 8.99. The largest absolute Gasteiger partial charge is 0.378 e. The van der Waals surface area contributed by atoms with Gasteiger partial charge in [-0.15, -0.1) is 0 Å². The first-order chi connectivity index (χ1) is 10.5. The highest BCUT2D eigenvalue weighted by Gasteiger charge is 2.26. The zero-order valence-electron chi connectivity index (χ0n) is 12.5. The molecule has 1 aromatic carbocycles. The predicted octanol–water partition coefficient (Wildman–Crippen LogP) is 0.818. The minimum Gasteiger partial charge on any atom is -0.378 e. The molecule has 0 aromatic heterocycles. The fourth-order valence-electron chi connectivity index (χ4n) is 2.95. The number of amides is 1. The van der Waals surface area contributed by atoms with Gasteiger partial charge in [0.15, 0.2) is 0 Å². The number of ether oxygens (including phenoxy) is 1. The first kappa shape index (κ1) is 15.5. The lowest BCUT2D eigenvalue weighted by Gasteiger charge is -2.27.